The number of hydrogen-bond donors (Lipinski definition) is 1. The molecular weight excluding hydrogens is 316 g/mol. The number of nitrogens with zero attached hydrogens (tertiary/aromatic N) is 1. The van der Waals surface area contributed by atoms with E-state index >= 15 is 0 Å². The Bertz CT molecular complexity index is 758. The lowest BCUT2D eigenvalue weighted by Gasteiger charge is -2.17. The molecule has 23 heavy (non-hydrogen) atoms. The van der Waals surface area contributed by atoms with Crippen molar-refractivity contribution in [2.24, 2.45) is 5.73 Å². The van der Waals surface area contributed by atoms with Crippen LogP contribution in [0.15, 0.2) is 59.5 Å². The van der Waals surface area contributed by atoms with Crippen LogP contribution in [0.25, 0.3) is 0 Å². The number of amides is 1. The Morgan fingerprint density at radius 2 is 1.70 bits per heavy atom. The number of rotatable bonds is 7. The number of likely N-dealkylation sites (N-methyl/N-ethyl adjacent to an activating group) is 1. The largest absolute Gasteiger partial charge is 0.492 e. The highest BCUT2D eigenvalue weighted by Gasteiger charge is 2.20. The molecule has 1 amide bonds. The maximum atomic E-state index is 12.4. The maximum Gasteiger partial charge on any atom is 0.248 e. The van der Waals surface area contributed by atoms with Crippen molar-refractivity contribution in [1.82, 2.24) is 4.31 Å². The zero-order valence-corrected chi connectivity index (χ0v) is 13.5. The van der Waals surface area contributed by atoms with Crippen LogP contribution >= 0.6 is 0 Å². The topological polar surface area (TPSA) is 89.7 Å². The molecule has 2 rings (SSSR count). The van der Waals surface area contributed by atoms with E-state index in [9.17, 15) is 13.2 Å². The number of para-hydroxylation sites is 1. The predicted octanol–water partition coefficient (Wildman–Crippen LogP) is 1.49. The van der Waals surface area contributed by atoms with Crippen LogP contribution in [-0.4, -0.2) is 38.8 Å². The minimum Gasteiger partial charge on any atom is -0.492 e. The van der Waals surface area contributed by atoms with Crippen molar-refractivity contribution >= 4 is 15.9 Å². The Labute approximate surface area is 135 Å². The van der Waals surface area contributed by atoms with E-state index in [0.717, 1.165) is 0 Å². The summed E-state index contributed by atoms with van der Waals surface area (Å²) < 4.78 is 31.5. The quantitative estimate of drug-likeness (QED) is 0.830. The molecule has 0 aliphatic heterocycles. The van der Waals surface area contributed by atoms with Gasteiger partial charge in [-0.05, 0) is 36.4 Å². The smallest absolute Gasteiger partial charge is 0.248 e. The molecule has 0 fully saturated rings. The lowest BCUT2D eigenvalue weighted by Crippen LogP contribution is -2.31. The number of benzene rings is 2. The van der Waals surface area contributed by atoms with E-state index < -0.39 is 15.9 Å². The fraction of sp³-hybridized carbons (Fsp3) is 0.188. The fourth-order valence-electron chi connectivity index (χ4n) is 1.90. The van der Waals surface area contributed by atoms with Crippen LogP contribution in [0.4, 0.5) is 0 Å². The maximum absolute atomic E-state index is 12.4. The van der Waals surface area contributed by atoms with Gasteiger partial charge in [-0.2, -0.15) is 4.31 Å². The van der Waals surface area contributed by atoms with Gasteiger partial charge in [0.15, 0.2) is 0 Å². The molecule has 2 aromatic rings. The van der Waals surface area contributed by atoms with Crippen LogP contribution < -0.4 is 10.5 Å². The third-order valence-corrected chi connectivity index (χ3v) is 5.14. The summed E-state index contributed by atoms with van der Waals surface area (Å²) >= 11 is 0. The second kappa shape index (κ2) is 7.26. The van der Waals surface area contributed by atoms with Gasteiger partial charge >= 0.3 is 0 Å². The van der Waals surface area contributed by atoms with E-state index in [0.29, 0.717) is 5.75 Å². The van der Waals surface area contributed by atoms with E-state index in [1.807, 2.05) is 18.2 Å². The molecule has 7 heteroatoms. The van der Waals surface area contributed by atoms with Crippen molar-refractivity contribution in [2.75, 3.05) is 20.2 Å². The molecule has 122 valence electrons. The van der Waals surface area contributed by atoms with Crippen molar-refractivity contribution in [3.05, 3.63) is 60.2 Å². The summed E-state index contributed by atoms with van der Waals surface area (Å²) in [6.45, 7) is 0.438. The van der Waals surface area contributed by atoms with Gasteiger partial charge in [-0.3, -0.25) is 4.79 Å². The monoisotopic (exact) mass is 334 g/mol. The average Bonchev–Trinajstić information content (AvgIpc) is 2.55. The zero-order valence-electron chi connectivity index (χ0n) is 12.7. The molecule has 0 saturated heterocycles. The SMILES string of the molecule is CN(CCOc1ccccc1)S(=O)(=O)c1ccc(C(N)=O)cc1. The normalized spacial score (nSPS) is 11.4. The summed E-state index contributed by atoms with van der Waals surface area (Å²) in [6, 6.07) is 14.7. The van der Waals surface area contributed by atoms with Crippen LogP contribution in [0.2, 0.25) is 0 Å². The summed E-state index contributed by atoms with van der Waals surface area (Å²) in [4.78, 5) is 11.1. The zero-order chi connectivity index (χ0) is 16.9. The summed E-state index contributed by atoms with van der Waals surface area (Å²) in [5.74, 6) is 0.0858. The molecule has 0 unspecified atom stereocenters. The van der Waals surface area contributed by atoms with Gasteiger partial charge in [0.2, 0.25) is 15.9 Å². The summed E-state index contributed by atoms with van der Waals surface area (Å²) in [7, 11) is -2.16. The summed E-state index contributed by atoms with van der Waals surface area (Å²) in [5, 5.41) is 0. The predicted molar refractivity (Wildman–Crippen MR) is 86.7 cm³/mol. The number of carbonyl (C=O) groups is 1. The molecule has 0 bridgehead atoms. The van der Waals surface area contributed by atoms with Crippen LogP contribution in [0.3, 0.4) is 0 Å². The first-order valence-electron chi connectivity index (χ1n) is 6.95. The van der Waals surface area contributed by atoms with Crippen molar-refractivity contribution < 1.29 is 17.9 Å². The Morgan fingerprint density at radius 3 is 2.26 bits per heavy atom. The third-order valence-electron chi connectivity index (χ3n) is 3.27. The number of hydrogen-bond acceptors (Lipinski definition) is 4. The lowest BCUT2D eigenvalue weighted by molar-refractivity contribution is 0.1000. The van der Waals surface area contributed by atoms with Crippen LogP contribution in [0.1, 0.15) is 10.4 Å². The van der Waals surface area contributed by atoms with Gasteiger partial charge < -0.3 is 10.5 Å². The van der Waals surface area contributed by atoms with Crippen molar-refractivity contribution in [3.63, 3.8) is 0 Å². The van der Waals surface area contributed by atoms with Crippen LogP contribution in [0.5, 0.6) is 5.75 Å². The molecule has 0 aromatic heterocycles. The summed E-state index contributed by atoms with van der Waals surface area (Å²) in [6.07, 6.45) is 0. The number of ether oxygens (including phenoxy) is 1. The van der Waals surface area contributed by atoms with Crippen molar-refractivity contribution in [2.45, 2.75) is 4.90 Å². The van der Waals surface area contributed by atoms with Crippen molar-refractivity contribution in [3.8, 4) is 5.75 Å². The van der Waals surface area contributed by atoms with E-state index in [1.54, 1.807) is 12.1 Å². The molecule has 0 spiro atoms. The van der Waals surface area contributed by atoms with Gasteiger partial charge in [-0.25, -0.2) is 8.42 Å². The van der Waals surface area contributed by atoms with Crippen molar-refractivity contribution in [1.29, 1.82) is 0 Å². The molecule has 0 aliphatic carbocycles. The second-order valence-electron chi connectivity index (χ2n) is 4.88. The molecule has 2 N–H and O–H groups in total. The Hall–Kier alpha value is -2.38. The Morgan fingerprint density at radius 1 is 1.09 bits per heavy atom. The van der Waals surface area contributed by atoms with Crippen LogP contribution in [-0.2, 0) is 10.0 Å². The summed E-state index contributed by atoms with van der Waals surface area (Å²) in [5.41, 5.74) is 5.40. The van der Waals surface area contributed by atoms with E-state index in [-0.39, 0.29) is 23.6 Å². The standard InChI is InChI=1S/C16H18N2O4S/c1-18(11-12-22-14-5-3-2-4-6-14)23(20,21)15-9-7-13(8-10-15)16(17)19/h2-10H,11-12H2,1H3,(H2,17,19). The van der Waals surface area contributed by atoms with E-state index in [4.69, 9.17) is 10.5 Å². The molecule has 0 saturated carbocycles. The first kappa shape index (κ1) is 17.0. The van der Waals surface area contributed by atoms with Gasteiger partial charge in [0, 0.05) is 19.2 Å². The Kier molecular flexibility index (Phi) is 5.36. The highest BCUT2D eigenvalue weighted by molar-refractivity contribution is 7.89. The molecule has 2 aromatic carbocycles. The van der Waals surface area contributed by atoms with Crippen LogP contribution in [0, 0.1) is 0 Å². The van der Waals surface area contributed by atoms with E-state index in [2.05, 4.69) is 0 Å². The first-order valence-corrected chi connectivity index (χ1v) is 8.39. The number of primary amides is 1. The molecule has 0 radical (unpaired) electrons. The Balaban J connectivity index is 1.99. The van der Waals surface area contributed by atoms with Gasteiger partial charge in [0.1, 0.15) is 12.4 Å². The minimum atomic E-state index is -3.63. The molecule has 0 heterocycles. The van der Waals surface area contributed by atoms with E-state index in [1.165, 1.54) is 35.6 Å². The molecule has 0 aliphatic rings. The average molecular weight is 334 g/mol. The van der Waals surface area contributed by atoms with Gasteiger partial charge in [0.25, 0.3) is 0 Å². The van der Waals surface area contributed by atoms with Gasteiger partial charge in [-0.1, -0.05) is 18.2 Å². The molecular formula is C16H18N2O4S. The van der Waals surface area contributed by atoms with Gasteiger partial charge in [-0.15, -0.1) is 0 Å². The highest BCUT2D eigenvalue weighted by atomic mass is 32.2. The number of sulfonamides is 1. The highest BCUT2D eigenvalue weighted by Crippen LogP contribution is 2.15. The van der Waals surface area contributed by atoms with Gasteiger partial charge in [0.05, 0.1) is 4.90 Å². The minimum absolute atomic E-state index is 0.102. The first-order chi connectivity index (χ1) is 10.9. The number of carbonyl (C=O) groups excluding carboxylic acids is 1. The lowest BCUT2D eigenvalue weighted by atomic mass is 10.2. The second-order valence-corrected chi connectivity index (χ2v) is 6.92. The number of nitrogens with two attached hydrogens (primary N) is 1. The fourth-order valence-corrected chi connectivity index (χ4v) is 3.05. The molecule has 6 nitrogen and oxygen atoms in total. The molecule has 0 atom stereocenters. The third kappa shape index (κ3) is 4.30.